The van der Waals surface area contributed by atoms with Gasteiger partial charge in [0.15, 0.2) is 0 Å². The van der Waals surface area contributed by atoms with Crippen molar-refractivity contribution in [3.8, 4) is 0 Å². The molecule has 0 unspecified atom stereocenters. The second-order valence-corrected chi connectivity index (χ2v) is 6.64. The molecule has 0 aromatic heterocycles. The van der Waals surface area contributed by atoms with Crippen LogP contribution in [0, 0.1) is 19.8 Å². The van der Waals surface area contributed by atoms with E-state index in [1.54, 1.807) is 0 Å². The predicted molar refractivity (Wildman–Crippen MR) is 79.5 cm³/mol. The van der Waals surface area contributed by atoms with Crippen molar-refractivity contribution in [2.75, 3.05) is 25.0 Å². The van der Waals surface area contributed by atoms with Crippen molar-refractivity contribution < 1.29 is 0 Å². The number of hydrogen-bond acceptors (Lipinski definition) is 2. The van der Waals surface area contributed by atoms with Crippen molar-refractivity contribution in [2.24, 2.45) is 5.92 Å². The summed E-state index contributed by atoms with van der Waals surface area (Å²) in [6.45, 7) is 14.6. The minimum atomic E-state index is 0.228. The summed E-state index contributed by atoms with van der Waals surface area (Å²) in [6, 6.07) is 4.66. The van der Waals surface area contributed by atoms with Gasteiger partial charge in [-0.25, -0.2) is 0 Å². The fraction of sp³-hybridized carbons (Fsp3) is 0.625. The molecule has 1 fully saturated rings. The molecule has 2 rings (SSSR count). The molecule has 2 heteroatoms. The summed E-state index contributed by atoms with van der Waals surface area (Å²) in [6.07, 6.45) is 0. The Morgan fingerprint density at radius 2 is 1.72 bits per heavy atom. The molecule has 0 bridgehead atoms. The van der Waals surface area contributed by atoms with Gasteiger partial charge in [-0.15, -0.1) is 0 Å². The highest BCUT2D eigenvalue weighted by Crippen LogP contribution is 2.29. The third-order valence-electron chi connectivity index (χ3n) is 3.83. The van der Waals surface area contributed by atoms with E-state index in [0.717, 1.165) is 25.6 Å². The molecule has 1 saturated heterocycles. The van der Waals surface area contributed by atoms with Crippen LogP contribution in [0.4, 0.5) is 5.69 Å². The topological polar surface area (TPSA) is 24.1 Å². The lowest BCUT2D eigenvalue weighted by Gasteiger charge is -2.29. The lowest BCUT2D eigenvalue weighted by Crippen LogP contribution is -2.45. The maximum Gasteiger partial charge on any atom is 0.0399 e. The van der Waals surface area contributed by atoms with E-state index in [4.69, 9.17) is 0 Å². The van der Waals surface area contributed by atoms with Gasteiger partial charge in [-0.1, -0.05) is 32.9 Å². The number of anilines is 1. The summed E-state index contributed by atoms with van der Waals surface area (Å²) in [5.74, 6) is 0.797. The number of nitrogens with one attached hydrogen (secondary N) is 2. The van der Waals surface area contributed by atoms with E-state index in [2.05, 4.69) is 57.4 Å². The van der Waals surface area contributed by atoms with Crippen LogP contribution in [0.2, 0.25) is 0 Å². The zero-order valence-electron chi connectivity index (χ0n) is 12.4. The molecule has 1 aliphatic heterocycles. The molecule has 0 amide bonds. The van der Waals surface area contributed by atoms with Gasteiger partial charge in [0.05, 0.1) is 0 Å². The van der Waals surface area contributed by atoms with Crippen LogP contribution in [0.5, 0.6) is 0 Å². The molecule has 0 aliphatic carbocycles. The predicted octanol–water partition coefficient (Wildman–Crippen LogP) is 3.23. The molecule has 2 nitrogen and oxygen atoms in total. The normalized spacial score (nSPS) is 16.5. The van der Waals surface area contributed by atoms with Gasteiger partial charge >= 0.3 is 0 Å². The van der Waals surface area contributed by atoms with Gasteiger partial charge in [-0.3, -0.25) is 0 Å². The summed E-state index contributed by atoms with van der Waals surface area (Å²) in [5, 5.41) is 6.94. The molecule has 0 atom stereocenters. The molecule has 100 valence electrons. The maximum absolute atomic E-state index is 3.62. The molecule has 0 saturated carbocycles. The Morgan fingerprint density at radius 1 is 1.17 bits per heavy atom. The number of benzene rings is 1. The maximum atomic E-state index is 3.62. The third-order valence-corrected chi connectivity index (χ3v) is 3.83. The van der Waals surface area contributed by atoms with Crippen LogP contribution in [-0.4, -0.2) is 19.6 Å². The lowest BCUT2D eigenvalue weighted by molar-refractivity contribution is 0.365. The Kier molecular flexibility index (Phi) is 3.67. The van der Waals surface area contributed by atoms with Gasteiger partial charge in [0.1, 0.15) is 0 Å². The number of rotatable bonds is 3. The first-order chi connectivity index (χ1) is 8.38. The van der Waals surface area contributed by atoms with E-state index in [-0.39, 0.29) is 5.41 Å². The molecule has 1 heterocycles. The lowest BCUT2D eigenvalue weighted by atomic mass is 9.84. The van der Waals surface area contributed by atoms with Crippen LogP contribution in [0.1, 0.15) is 37.5 Å². The standard InChI is InChI=1S/C16H26N2/c1-11-6-14(16(3,4)5)7-12(2)15(11)18-10-13-8-17-9-13/h6-7,13,17-18H,8-10H2,1-5H3. The van der Waals surface area contributed by atoms with E-state index in [9.17, 15) is 0 Å². The van der Waals surface area contributed by atoms with Crippen LogP contribution in [-0.2, 0) is 5.41 Å². The summed E-state index contributed by atoms with van der Waals surface area (Å²) in [7, 11) is 0. The first-order valence-electron chi connectivity index (χ1n) is 6.94. The Labute approximate surface area is 111 Å². The molecule has 1 aromatic rings. The minimum absolute atomic E-state index is 0.228. The highest BCUT2D eigenvalue weighted by molar-refractivity contribution is 5.59. The highest BCUT2D eigenvalue weighted by Gasteiger charge is 2.18. The summed E-state index contributed by atoms with van der Waals surface area (Å²) < 4.78 is 0. The Bertz CT molecular complexity index is 402. The van der Waals surface area contributed by atoms with Crippen LogP contribution >= 0.6 is 0 Å². The summed E-state index contributed by atoms with van der Waals surface area (Å²) in [5.41, 5.74) is 5.72. The van der Waals surface area contributed by atoms with Gasteiger partial charge in [-0.05, 0) is 36.0 Å². The second kappa shape index (κ2) is 4.93. The second-order valence-electron chi connectivity index (χ2n) is 6.64. The van der Waals surface area contributed by atoms with E-state index in [1.165, 1.54) is 22.4 Å². The quantitative estimate of drug-likeness (QED) is 0.855. The van der Waals surface area contributed by atoms with Gasteiger partial charge in [0.2, 0.25) is 0 Å². The molecule has 0 spiro atoms. The molecule has 1 aliphatic rings. The zero-order chi connectivity index (χ0) is 13.3. The van der Waals surface area contributed by atoms with E-state index in [0.29, 0.717) is 0 Å². The zero-order valence-corrected chi connectivity index (χ0v) is 12.4. The first-order valence-corrected chi connectivity index (χ1v) is 6.94. The monoisotopic (exact) mass is 246 g/mol. The molecule has 1 aromatic carbocycles. The molecule has 2 N–H and O–H groups in total. The fourth-order valence-electron chi connectivity index (χ4n) is 2.41. The average Bonchev–Trinajstić information content (AvgIpc) is 2.17. The van der Waals surface area contributed by atoms with Gasteiger partial charge in [0, 0.05) is 31.2 Å². The smallest absolute Gasteiger partial charge is 0.0399 e. The third kappa shape index (κ3) is 2.86. The minimum Gasteiger partial charge on any atom is -0.384 e. The molecular formula is C16H26N2. The Morgan fingerprint density at radius 3 is 2.11 bits per heavy atom. The van der Waals surface area contributed by atoms with E-state index in [1.807, 2.05) is 0 Å². The van der Waals surface area contributed by atoms with Crippen LogP contribution in [0.15, 0.2) is 12.1 Å². The van der Waals surface area contributed by atoms with Gasteiger partial charge in [-0.2, -0.15) is 0 Å². The van der Waals surface area contributed by atoms with E-state index < -0.39 is 0 Å². The highest BCUT2D eigenvalue weighted by atomic mass is 15.0. The summed E-state index contributed by atoms with van der Waals surface area (Å²) in [4.78, 5) is 0. The van der Waals surface area contributed by atoms with E-state index >= 15 is 0 Å². The van der Waals surface area contributed by atoms with Crippen molar-refractivity contribution in [3.05, 3.63) is 28.8 Å². The summed E-state index contributed by atoms with van der Waals surface area (Å²) >= 11 is 0. The SMILES string of the molecule is Cc1cc(C(C)(C)C)cc(C)c1NCC1CNC1. The molecule has 0 radical (unpaired) electrons. The van der Waals surface area contributed by atoms with Crippen LogP contribution in [0.3, 0.4) is 0 Å². The Hall–Kier alpha value is -1.02. The fourth-order valence-corrected chi connectivity index (χ4v) is 2.41. The van der Waals surface area contributed by atoms with Crippen molar-refractivity contribution >= 4 is 5.69 Å². The molecule has 18 heavy (non-hydrogen) atoms. The number of aryl methyl sites for hydroxylation is 2. The number of hydrogen-bond donors (Lipinski definition) is 2. The van der Waals surface area contributed by atoms with Crippen molar-refractivity contribution in [1.29, 1.82) is 0 Å². The van der Waals surface area contributed by atoms with Crippen molar-refractivity contribution in [2.45, 2.75) is 40.0 Å². The molecular weight excluding hydrogens is 220 g/mol. The van der Waals surface area contributed by atoms with Crippen LogP contribution in [0.25, 0.3) is 0 Å². The van der Waals surface area contributed by atoms with Crippen molar-refractivity contribution in [3.63, 3.8) is 0 Å². The largest absolute Gasteiger partial charge is 0.384 e. The van der Waals surface area contributed by atoms with Gasteiger partial charge < -0.3 is 10.6 Å². The van der Waals surface area contributed by atoms with Crippen LogP contribution < -0.4 is 10.6 Å². The van der Waals surface area contributed by atoms with Gasteiger partial charge in [0.25, 0.3) is 0 Å². The first kappa shape index (κ1) is 13.4. The Balaban J connectivity index is 2.15. The average molecular weight is 246 g/mol. The van der Waals surface area contributed by atoms with Crippen molar-refractivity contribution in [1.82, 2.24) is 5.32 Å².